The van der Waals surface area contributed by atoms with E-state index in [2.05, 4.69) is 53.4 Å². The van der Waals surface area contributed by atoms with E-state index in [9.17, 15) is 0 Å². The first kappa shape index (κ1) is 16.0. The zero-order valence-corrected chi connectivity index (χ0v) is 14.2. The molecule has 0 amide bonds. The molecule has 4 heteroatoms. The van der Waals surface area contributed by atoms with Gasteiger partial charge in [-0.3, -0.25) is 11.3 Å². The fourth-order valence-corrected chi connectivity index (χ4v) is 2.74. The fourth-order valence-electron chi connectivity index (χ4n) is 2.40. The van der Waals surface area contributed by atoms with E-state index in [1.165, 1.54) is 16.7 Å². The highest BCUT2D eigenvalue weighted by molar-refractivity contribution is 9.10. The Morgan fingerprint density at radius 3 is 2.52 bits per heavy atom. The van der Waals surface area contributed by atoms with E-state index in [1.807, 2.05) is 18.2 Å². The normalized spacial score (nSPS) is 12.2. The van der Waals surface area contributed by atoms with Crippen LogP contribution >= 0.6 is 15.9 Å². The Balaban J connectivity index is 2.29. The molecule has 0 aromatic heterocycles. The van der Waals surface area contributed by atoms with Crippen LogP contribution in [0.5, 0.6) is 5.75 Å². The predicted octanol–water partition coefficient (Wildman–Crippen LogP) is 3.82. The molecule has 0 aliphatic carbocycles. The summed E-state index contributed by atoms with van der Waals surface area (Å²) in [5, 5.41) is 0. The van der Waals surface area contributed by atoms with Crippen molar-refractivity contribution in [2.45, 2.75) is 26.3 Å². The molecule has 0 heterocycles. The van der Waals surface area contributed by atoms with Crippen LogP contribution in [-0.4, -0.2) is 7.11 Å². The van der Waals surface area contributed by atoms with E-state index in [0.29, 0.717) is 0 Å². The summed E-state index contributed by atoms with van der Waals surface area (Å²) >= 11 is 3.46. The second-order valence-electron chi connectivity index (χ2n) is 5.23. The molecule has 3 nitrogen and oxygen atoms in total. The highest BCUT2D eigenvalue weighted by Crippen LogP contribution is 2.30. The van der Waals surface area contributed by atoms with E-state index in [4.69, 9.17) is 10.6 Å². The Kier molecular flexibility index (Phi) is 5.39. The molecule has 3 N–H and O–H groups in total. The third-order valence-electron chi connectivity index (χ3n) is 3.78. The van der Waals surface area contributed by atoms with Crippen molar-refractivity contribution in [2.24, 2.45) is 5.84 Å². The van der Waals surface area contributed by atoms with Crippen LogP contribution in [0.4, 0.5) is 0 Å². The van der Waals surface area contributed by atoms with Gasteiger partial charge in [0.25, 0.3) is 0 Å². The largest absolute Gasteiger partial charge is 0.496 e. The molecule has 0 saturated heterocycles. The minimum atomic E-state index is 0.00940. The predicted molar refractivity (Wildman–Crippen MR) is 90.4 cm³/mol. The number of rotatable bonds is 5. The van der Waals surface area contributed by atoms with Gasteiger partial charge in [-0.2, -0.15) is 0 Å². The zero-order valence-electron chi connectivity index (χ0n) is 12.6. The van der Waals surface area contributed by atoms with Crippen molar-refractivity contribution in [1.82, 2.24) is 5.43 Å². The molecule has 1 unspecified atom stereocenters. The minimum Gasteiger partial charge on any atom is -0.496 e. The molecule has 1 atom stereocenters. The number of aryl methyl sites for hydroxylation is 2. The fraction of sp³-hybridized carbons (Fsp3) is 0.294. The van der Waals surface area contributed by atoms with Crippen molar-refractivity contribution in [3.63, 3.8) is 0 Å². The average molecular weight is 349 g/mol. The van der Waals surface area contributed by atoms with E-state index in [-0.39, 0.29) is 6.04 Å². The Bertz CT molecular complexity index is 628. The monoisotopic (exact) mass is 348 g/mol. The third kappa shape index (κ3) is 3.84. The Labute approximate surface area is 134 Å². The summed E-state index contributed by atoms with van der Waals surface area (Å²) in [5.74, 6) is 6.59. The van der Waals surface area contributed by atoms with Gasteiger partial charge in [0.1, 0.15) is 5.75 Å². The Morgan fingerprint density at radius 2 is 1.90 bits per heavy atom. The highest BCUT2D eigenvalue weighted by Gasteiger charge is 2.16. The molecular formula is C17H21BrN2O. The van der Waals surface area contributed by atoms with Crippen LogP contribution in [0.2, 0.25) is 0 Å². The van der Waals surface area contributed by atoms with Gasteiger partial charge in [-0.15, -0.1) is 0 Å². The summed E-state index contributed by atoms with van der Waals surface area (Å²) in [4.78, 5) is 0. The highest BCUT2D eigenvalue weighted by atomic mass is 79.9. The number of benzene rings is 2. The van der Waals surface area contributed by atoms with Crippen molar-refractivity contribution < 1.29 is 4.74 Å². The van der Waals surface area contributed by atoms with Gasteiger partial charge in [0.2, 0.25) is 0 Å². The number of hydrogen-bond acceptors (Lipinski definition) is 3. The molecule has 0 aliphatic heterocycles. The van der Waals surface area contributed by atoms with Gasteiger partial charge in [0, 0.05) is 10.0 Å². The first-order valence-corrected chi connectivity index (χ1v) is 7.70. The molecule has 21 heavy (non-hydrogen) atoms. The second kappa shape index (κ2) is 7.07. The molecule has 0 bridgehead atoms. The topological polar surface area (TPSA) is 47.3 Å². The van der Waals surface area contributed by atoms with Crippen LogP contribution < -0.4 is 16.0 Å². The number of hydrazine groups is 1. The van der Waals surface area contributed by atoms with E-state index in [0.717, 1.165) is 22.2 Å². The second-order valence-corrected chi connectivity index (χ2v) is 6.14. The van der Waals surface area contributed by atoms with Crippen molar-refractivity contribution in [1.29, 1.82) is 0 Å². The SMILES string of the molecule is COc1cc(Br)ccc1C(Cc1ccc(C)c(C)c1)NN. The molecule has 2 aromatic carbocycles. The molecule has 2 rings (SSSR count). The number of hydrogen-bond donors (Lipinski definition) is 2. The van der Waals surface area contributed by atoms with Crippen LogP contribution in [0.25, 0.3) is 0 Å². The number of halogens is 1. The molecule has 0 radical (unpaired) electrons. The molecule has 0 saturated carbocycles. The molecular weight excluding hydrogens is 328 g/mol. The van der Waals surface area contributed by atoms with Crippen LogP contribution in [0.15, 0.2) is 40.9 Å². The first-order valence-electron chi connectivity index (χ1n) is 6.91. The minimum absolute atomic E-state index is 0.00940. The van der Waals surface area contributed by atoms with Crippen LogP contribution in [0.1, 0.15) is 28.3 Å². The summed E-state index contributed by atoms with van der Waals surface area (Å²) < 4.78 is 6.45. The summed E-state index contributed by atoms with van der Waals surface area (Å²) in [6.07, 6.45) is 0.815. The molecule has 0 spiro atoms. The van der Waals surface area contributed by atoms with Crippen molar-refractivity contribution in [3.8, 4) is 5.75 Å². The molecule has 112 valence electrons. The van der Waals surface area contributed by atoms with Gasteiger partial charge >= 0.3 is 0 Å². The van der Waals surface area contributed by atoms with Gasteiger partial charge in [-0.1, -0.05) is 40.2 Å². The maximum absolute atomic E-state index is 5.76. The van der Waals surface area contributed by atoms with Crippen LogP contribution in [-0.2, 0) is 6.42 Å². The maximum Gasteiger partial charge on any atom is 0.124 e. The summed E-state index contributed by atoms with van der Waals surface area (Å²) in [5.41, 5.74) is 7.81. The van der Waals surface area contributed by atoms with Gasteiger partial charge in [0.15, 0.2) is 0 Å². The van der Waals surface area contributed by atoms with Gasteiger partial charge < -0.3 is 4.74 Å². The standard InChI is InChI=1S/C17H21BrN2O/c1-11-4-5-13(8-12(11)2)9-16(20-19)15-7-6-14(18)10-17(15)21-3/h4-8,10,16,20H,9,19H2,1-3H3. The number of ether oxygens (including phenoxy) is 1. The summed E-state index contributed by atoms with van der Waals surface area (Å²) in [6.45, 7) is 4.25. The summed E-state index contributed by atoms with van der Waals surface area (Å²) in [7, 11) is 1.68. The lowest BCUT2D eigenvalue weighted by Crippen LogP contribution is -2.30. The Hall–Kier alpha value is -1.36. The number of methoxy groups -OCH3 is 1. The van der Waals surface area contributed by atoms with Gasteiger partial charge in [-0.25, -0.2) is 0 Å². The van der Waals surface area contributed by atoms with Crippen molar-refractivity contribution in [3.05, 3.63) is 63.1 Å². The van der Waals surface area contributed by atoms with Gasteiger partial charge in [0.05, 0.1) is 13.2 Å². The van der Waals surface area contributed by atoms with Crippen molar-refractivity contribution in [2.75, 3.05) is 7.11 Å². The van der Waals surface area contributed by atoms with E-state index in [1.54, 1.807) is 7.11 Å². The maximum atomic E-state index is 5.76. The lowest BCUT2D eigenvalue weighted by atomic mass is 9.96. The summed E-state index contributed by atoms with van der Waals surface area (Å²) in [6, 6.07) is 12.5. The quantitative estimate of drug-likeness (QED) is 0.637. The van der Waals surface area contributed by atoms with E-state index < -0.39 is 0 Å². The van der Waals surface area contributed by atoms with Crippen LogP contribution in [0, 0.1) is 13.8 Å². The smallest absolute Gasteiger partial charge is 0.124 e. The molecule has 0 aliphatic rings. The molecule has 0 fully saturated rings. The lowest BCUT2D eigenvalue weighted by molar-refractivity contribution is 0.398. The third-order valence-corrected chi connectivity index (χ3v) is 4.28. The number of nitrogens with one attached hydrogen (secondary N) is 1. The Morgan fingerprint density at radius 1 is 1.14 bits per heavy atom. The number of nitrogens with two attached hydrogens (primary N) is 1. The zero-order chi connectivity index (χ0) is 15.4. The molecule has 2 aromatic rings. The first-order chi connectivity index (χ1) is 10.0. The van der Waals surface area contributed by atoms with Crippen LogP contribution in [0.3, 0.4) is 0 Å². The van der Waals surface area contributed by atoms with Gasteiger partial charge in [-0.05, 0) is 49.1 Å². The van der Waals surface area contributed by atoms with Crippen molar-refractivity contribution >= 4 is 15.9 Å². The lowest BCUT2D eigenvalue weighted by Gasteiger charge is -2.20. The van der Waals surface area contributed by atoms with E-state index >= 15 is 0 Å². The average Bonchev–Trinajstić information content (AvgIpc) is 2.48.